The average molecular weight is 737 g/mol. The number of aromatic nitrogens is 2. The van der Waals surface area contributed by atoms with Gasteiger partial charge in [-0.3, -0.25) is 29.1 Å². The average Bonchev–Trinajstić information content (AvgIpc) is 3.16. The van der Waals surface area contributed by atoms with E-state index in [2.05, 4.69) is 31.2 Å². The summed E-state index contributed by atoms with van der Waals surface area (Å²) in [5.74, 6) is -2.48. The summed E-state index contributed by atoms with van der Waals surface area (Å²) in [4.78, 5) is 62.1. The third-order valence-electron chi connectivity index (χ3n) is 9.09. The van der Waals surface area contributed by atoms with E-state index in [9.17, 15) is 29.4 Å². The monoisotopic (exact) mass is 736 g/mol. The second-order valence-corrected chi connectivity index (χ2v) is 14.2. The van der Waals surface area contributed by atoms with Crippen molar-refractivity contribution in [2.75, 3.05) is 0 Å². The van der Waals surface area contributed by atoms with Gasteiger partial charge in [-0.25, -0.2) is 0 Å². The lowest BCUT2D eigenvalue weighted by Gasteiger charge is -2.35. The van der Waals surface area contributed by atoms with E-state index in [1.54, 1.807) is 76.5 Å². The first kappa shape index (κ1) is 41.3. The van der Waals surface area contributed by atoms with E-state index >= 15 is 0 Å². The van der Waals surface area contributed by atoms with Crippen LogP contribution in [0.15, 0.2) is 109 Å². The smallest absolute Gasteiger partial charge is 0.243 e. The van der Waals surface area contributed by atoms with Crippen molar-refractivity contribution in [3.63, 3.8) is 0 Å². The minimum Gasteiger partial charge on any atom is -0.388 e. The molecule has 4 rings (SSSR count). The molecule has 0 aliphatic carbocycles. The minimum absolute atomic E-state index is 0.0199. The molecule has 0 saturated heterocycles. The van der Waals surface area contributed by atoms with Crippen LogP contribution in [0.25, 0.3) is 0 Å². The van der Waals surface area contributed by atoms with Crippen molar-refractivity contribution in [2.45, 2.75) is 89.8 Å². The zero-order valence-corrected chi connectivity index (χ0v) is 31.3. The van der Waals surface area contributed by atoms with Crippen LogP contribution in [0.5, 0.6) is 0 Å². The quantitative estimate of drug-likeness (QED) is 0.0850. The van der Waals surface area contributed by atoms with Gasteiger partial charge < -0.3 is 31.5 Å². The number of nitrogens with one attached hydrogen (secondary N) is 4. The molecule has 0 bridgehead atoms. The molecule has 0 aliphatic heterocycles. The second kappa shape index (κ2) is 20.7. The highest BCUT2D eigenvalue weighted by atomic mass is 16.3. The molecule has 12 heteroatoms. The number of aliphatic hydroxyl groups excluding tert-OH is 2. The van der Waals surface area contributed by atoms with Crippen LogP contribution in [0.3, 0.4) is 0 Å². The molecule has 286 valence electrons. The Kier molecular flexibility index (Phi) is 15.8. The Morgan fingerprint density at radius 3 is 1.19 bits per heavy atom. The Morgan fingerprint density at radius 2 is 0.870 bits per heavy atom. The van der Waals surface area contributed by atoms with Crippen molar-refractivity contribution >= 4 is 23.6 Å². The lowest BCUT2D eigenvalue weighted by Crippen LogP contribution is -2.61. The highest BCUT2D eigenvalue weighted by Gasteiger charge is 2.37. The molecule has 4 amide bonds. The van der Waals surface area contributed by atoms with Crippen molar-refractivity contribution in [3.05, 3.63) is 132 Å². The number of aliphatic hydroxyl groups is 2. The molecule has 12 nitrogen and oxygen atoms in total. The highest BCUT2D eigenvalue weighted by Crippen LogP contribution is 2.17. The maximum absolute atomic E-state index is 13.9. The SMILES string of the molecule is CC(C)[C@H](NC(=O)Cc1ccccn1)C(=O)N[C@@H](Cc1ccccc1)[C@@H](O)[C@H](O)[C@H](Cc1ccccc1)NC(=O)[C@@H](NC(=O)Cc1ccccn1)C(C)C. The van der Waals surface area contributed by atoms with Crippen molar-refractivity contribution in [2.24, 2.45) is 11.8 Å². The maximum Gasteiger partial charge on any atom is 0.243 e. The molecule has 54 heavy (non-hydrogen) atoms. The molecule has 4 aromatic rings. The van der Waals surface area contributed by atoms with E-state index in [0.717, 1.165) is 11.1 Å². The molecule has 2 heterocycles. The van der Waals surface area contributed by atoms with Crippen LogP contribution < -0.4 is 21.3 Å². The van der Waals surface area contributed by atoms with Crippen LogP contribution in [0.1, 0.15) is 50.2 Å². The third kappa shape index (κ3) is 12.9. The zero-order chi connectivity index (χ0) is 39.0. The Morgan fingerprint density at radius 1 is 0.519 bits per heavy atom. The van der Waals surface area contributed by atoms with Gasteiger partial charge in [-0.1, -0.05) is 100 Å². The summed E-state index contributed by atoms with van der Waals surface area (Å²) in [5, 5.41) is 35.3. The number of pyridine rings is 2. The second-order valence-electron chi connectivity index (χ2n) is 14.2. The van der Waals surface area contributed by atoms with E-state index in [0.29, 0.717) is 11.4 Å². The van der Waals surface area contributed by atoms with Crippen molar-refractivity contribution in [1.29, 1.82) is 0 Å². The first-order chi connectivity index (χ1) is 25.9. The summed E-state index contributed by atoms with van der Waals surface area (Å²) in [7, 11) is 0. The number of nitrogens with zero attached hydrogens (tertiary/aromatic N) is 2. The fourth-order valence-corrected chi connectivity index (χ4v) is 6.12. The molecule has 0 unspecified atom stereocenters. The Hall–Kier alpha value is -5.46. The van der Waals surface area contributed by atoms with Gasteiger partial charge in [0, 0.05) is 23.8 Å². The number of carbonyl (C=O) groups excluding carboxylic acids is 4. The van der Waals surface area contributed by atoms with Gasteiger partial charge in [-0.05, 0) is 60.1 Å². The predicted octanol–water partition coefficient (Wildman–Crippen LogP) is 2.72. The van der Waals surface area contributed by atoms with Gasteiger partial charge in [0.05, 0.1) is 24.9 Å². The van der Waals surface area contributed by atoms with Crippen molar-refractivity contribution in [3.8, 4) is 0 Å². The molecular formula is C42H52N6O6. The van der Waals surface area contributed by atoms with Gasteiger partial charge in [0.2, 0.25) is 23.6 Å². The Balaban J connectivity index is 1.56. The summed E-state index contributed by atoms with van der Waals surface area (Å²) in [5.41, 5.74) is 2.68. The maximum atomic E-state index is 13.9. The fraction of sp³-hybridized carbons (Fsp3) is 0.381. The molecular weight excluding hydrogens is 684 g/mol. The van der Waals surface area contributed by atoms with E-state index in [1.807, 2.05) is 60.7 Å². The van der Waals surface area contributed by atoms with E-state index in [-0.39, 0.29) is 49.3 Å². The number of carbonyl (C=O) groups is 4. The molecule has 6 atom stereocenters. The highest BCUT2D eigenvalue weighted by molar-refractivity contribution is 5.89. The lowest BCUT2D eigenvalue weighted by molar-refractivity contribution is -0.132. The molecule has 0 fully saturated rings. The molecule has 2 aromatic carbocycles. The third-order valence-corrected chi connectivity index (χ3v) is 9.09. The van der Waals surface area contributed by atoms with Gasteiger partial charge in [0.1, 0.15) is 24.3 Å². The largest absolute Gasteiger partial charge is 0.388 e. The molecule has 0 radical (unpaired) electrons. The Labute approximate surface area is 317 Å². The molecule has 2 aromatic heterocycles. The number of rotatable bonds is 19. The van der Waals surface area contributed by atoms with Gasteiger partial charge >= 0.3 is 0 Å². The lowest BCUT2D eigenvalue weighted by atomic mass is 9.90. The number of hydrogen-bond acceptors (Lipinski definition) is 8. The number of hydrogen-bond donors (Lipinski definition) is 6. The van der Waals surface area contributed by atoms with Crippen LogP contribution in [0, 0.1) is 11.8 Å². The Bertz CT molecular complexity index is 1630. The number of benzene rings is 2. The topological polar surface area (TPSA) is 183 Å². The van der Waals surface area contributed by atoms with Crippen molar-refractivity contribution < 1.29 is 29.4 Å². The van der Waals surface area contributed by atoms with Gasteiger partial charge in [-0.2, -0.15) is 0 Å². The molecule has 0 spiro atoms. The first-order valence-corrected chi connectivity index (χ1v) is 18.3. The van der Waals surface area contributed by atoms with E-state index < -0.39 is 48.2 Å². The molecule has 0 aliphatic rings. The van der Waals surface area contributed by atoms with Crippen LogP contribution in [0.4, 0.5) is 0 Å². The summed E-state index contributed by atoms with van der Waals surface area (Å²) in [6.45, 7) is 7.20. The van der Waals surface area contributed by atoms with Crippen LogP contribution >= 0.6 is 0 Å². The van der Waals surface area contributed by atoms with Crippen LogP contribution in [-0.4, -0.2) is 80.2 Å². The molecule has 6 N–H and O–H groups in total. The minimum atomic E-state index is -1.57. The summed E-state index contributed by atoms with van der Waals surface area (Å²) in [6.07, 6.45) is 0.275. The van der Waals surface area contributed by atoms with E-state index in [1.165, 1.54) is 0 Å². The van der Waals surface area contributed by atoms with Gasteiger partial charge in [0.25, 0.3) is 0 Å². The van der Waals surface area contributed by atoms with E-state index in [4.69, 9.17) is 0 Å². The van der Waals surface area contributed by atoms with Gasteiger partial charge in [0.15, 0.2) is 0 Å². The normalized spacial score (nSPS) is 14.6. The standard InChI is InChI=1S/C42H52N6O6/c1-27(2)37(47-35(49)25-31-19-11-13-21-43-31)41(53)45-33(23-29-15-7-5-8-16-29)39(51)40(52)34(24-30-17-9-6-10-18-30)46-42(54)38(28(3)4)48-36(50)26-32-20-12-14-22-44-32/h5-22,27-28,33-34,37-40,51-52H,23-26H2,1-4H3,(H,45,53)(H,46,54)(H,47,49)(H,48,50)/t33-,34-,37-,38-,39+,40+/m0/s1. The predicted molar refractivity (Wildman–Crippen MR) is 206 cm³/mol. The van der Waals surface area contributed by atoms with Crippen LogP contribution in [-0.2, 0) is 44.9 Å². The van der Waals surface area contributed by atoms with Crippen molar-refractivity contribution in [1.82, 2.24) is 31.2 Å². The summed E-state index contributed by atoms with van der Waals surface area (Å²) in [6, 6.07) is 24.9. The molecule has 0 saturated carbocycles. The first-order valence-electron chi connectivity index (χ1n) is 18.3. The number of amides is 4. The fourth-order valence-electron chi connectivity index (χ4n) is 6.12. The van der Waals surface area contributed by atoms with Crippen LogP contribution in [0.2, 0.25) is 0 Å². The van der Waals surface area contributed by atoms with Gasteiger partial charge in [-0.15, -0.1) is 0 Å². The zero-order valence-electron chi connectivity index (χ0n) is 31.3. The summed E-state index contributed by atoms with van der Waals surface area (Å²) < 4.78 is 0. The summed E-state index contributed by atoms with van der Waals surface area (Å²) >= 11 is 0.